The SMILES string of the molecule is CCC(Sc1cccc(NC(=O)/C(=C\c2cc(OC)ccc2OC)NC(=O)c2ccccc2)c1)C(=O)Nc1cc(Cl)c(OC)cc1OC. The lowest BCUT2D eigenvalue weighted by Crippen LogP contribution is -2.30. The number of methoxy groups -OCH3 is 4. The second-order valence-corrected chi connectivity index (χ2v) is 11.8. The molecule has 3 amide bonds. The molecule has 0 aliphatic carbocycles. The summed E-state index contributed by atoms with van der Waals surface area (Å²) in [6.45, 7) is 1.90. The highest BCUT2D eigenvalue weighted by Gasteiger charge is 2.22. The van der Waals surface area contributed by atoms with Crippen molar-refractivity contribution in [3.63, 3.8) is 0 Å². The van der Waals surface area contributed by atoms with Crippen molar-refractivity contribution in [3.05, 3.63) is 107 Å². The van der Waals surface area contributed by atoms with Crippen molar-refractivity contribution in [3.8, 4) is 23.0 Å². The molecule has 1 atom stereocenters. The Balaban J connectivity index is 1.56. The fourth-order valence-electron chi connectivity index (χ4n) is 4.55. The number of amides is 3. The Morgan fingerprint density at radius 3 is 2.19 bits per heavy atom. The molecule has 48 heavy (non-hydrogen) atoms. The van der Waals surface area contributed by atoms with Gasteiger partial charge in [0.2, 0.25) is 5.91 Å². The van der Waals surface area contributed by atoms with E-state index in [2.05, 4.69) is 16.0 Å². The van der Waals surface area contributed by atoms with Crippen molar-refractivity contribution in [2.24, 2.45) is 0 Å². The van der Waals surface area contributed by atoms with Crippen LogP contribution < -0.4 is 34.9 Å². The van der Waals surface area contributed by atoms with Gasteiger partial charge in [0.05, 0.1) is 44.4 Å². The summed E-state index contributed by atoms with van der Waals surface area (Å²) >= 11 is 7.62. The molecule has 0 aromatic heterocycles. The Labute approximate surface area is 288 Å². The minimum Gasteiger partial charge on any atom is -0.497 e. The van der Waals surface area contributed by atoms with E-state index in [1.807, 2.05) is 13.0 Å². The maximum atomic E-state index is 13.7. The summed E-state index contributed by atoms with van der Waals surface area (Å²) in [7, 11) is 6.03. The minimum absolute atomic E-state index is 0.0219. The van der Waals surface area contributed by atoms with Crippen LogP contribution in [-0.2, 0) is 9.59 Å². The van der Waals surface area contributed by atoms with E-state index < -0.39 is 17.1 Å². The fourth-order valence-corrected chi connectivity index (χ4v) is 5.81. The first kappa shape index (κ1) is 35.7. The van der Waals surface area contributed by atoms with Gasteiger partial charge in [-0.15, -0.1) is 11.8 Å². The first-order chi connectivity index (χ1) is 23.2. The number of halogens is 1. The van der Waals surface area contributed by atoms with Crippen LogP contribution in [0.2, 0.25) is 5.02 Å². The molecule has 0 bridgehead atoms. The van der Waals surface area contributed by atoms with Crippen molar-refractivity contribution in [1.29, 1.82) is 0 Å². The third-order valence-electron chi connectivity index (χ3n) is 7.03. The number of benzene rings is 4. The van der Waals surface area contributed by atoms with Gasteiger partial charge in [-0.05, 0) is 67.1 Å². The predicted molar refractivity (Wildman–Crippen MR) is 190 cm³/mol. The molecule has 0 spiro atoms. The molecule has 1 unspecified atom stereocenters. The van der Waals surface area contributed by atoms with Crippen molar-refractivity contribution < 1.29 is 33.3 Å². The minimum atomic E-state index is -0.570. The maximum Gasteiger partial charge on any atom is 0.272 e. The van der Waals surface area contributed by atoms with Crippen LogP contribution in [0.25, 0.3) is 6.08 Å². The fraction of sp³-hybridized carbons (Fsp3) is 0.194. The van der Waals surface area contributed by atoms with Gasteiger partial charge in [-0.25, -0.2) is 0 Å². The monoisotopic (exact) mass is 689 g/mol. The molecule has 0 fully saturated rings. The molecule has 0 heterocycles. The second kappa shape index (κ2) is 17.1. The van der Waals surface area contributed by atoms with Crippen LogP contribution in [0.4, 0.5) is 11.4 Å². The molecule has 12 heteroatoms. The quantitative estimate of drug-likeness (QED) is 0.0932. The highest BCUT2D eigenvalue weighted by Crippen LogP contribution is 2.37. The maximum absolute atomic E-state index is 13.7. The molecule has 250 valence electrons. The van der Waals surface area contributed by atoms with Crippen LogP contribution in [0.15, 0.2) is 95.5 Å². The number of carbonyl (C=O) groups is 3. The molecule has 0 aliphatic heterocycles. The average molecular weight is 690 g/mol. The van der Waals surface area contributed by atoms with Gasteiger partial charge >= 0.3 is 0 Å². The van der Waals surface area contributed by atoms with Gasteiger partial charge < -0.3 is 34.9 Å². The molecule has 10 nitrogen and oxygen atoms in total. The standard InChI is InChI=1S/C36H36ClN3O7S/c1-6-33(36(43)39-28-20-27(37)31(46-4)21-32(28)47-5)48-26-14-10-13-24(19-26)38-35(42)29(40-34(41)22-11-8-7-9-12-22)18-23-17-25(44-2)15-16-30(23)45-3/h7-21,33H,6H2,1-5H3,(H,38,42)(H,39,43)(H,40,41)/b29-18+. The van der Waals surface area contributed by atoms with Crippen LogP contribution in [0.3, 0.4) is 0 Å². The number of rotatable bonds is 14. The first-order valence-electron chi connectivity index (χ1n) is 14.8. The Morgan fingerprint density at radius 2 is 1.52 bits per heavy atom. The molecular weight excluding hydrogens is 654 g/mol. The summed E-state index contributed by atoms with van der Waals surface area (Å²) in [6.07, 6.45) is 2.04. The predicted octanol–water partition coefficient (Wildman–Crippen LogP) is 7.29. The van der Waals surface area contributed by atoms with Crippen LogP contribution in [-0.4, -0.2) is 51.4 Å². The molecule has 0 radical (unpaired) electrons. The van der Waals surface area contributed by atoms with E-state index in [0.29, 0.717) is 56.9 Å². The number of anilines is 2. The molecule has 4 rings (SSSR count). The van der Waals surface area contributed by atoms with Crippen molar-refractivity contribution in [2.75, 3.05) is 39.1 Å². The molecule has 4 aromatic rings. The van der Waals surface area contributed by atoms with Gasteiger partial charge in [0, 0.05) is 27.8 Å². The van der Waals surface area contributed by atoms with Crippen LogP contribution in [0, 0.1) is 0 Å². The summed E-state index contributed by atoms with van der Waals surface area (Å²) < 4.78 is 21.5. The first-order valence-corrected chi connectivity index (χ1v) is 16.1. The number of nitrogens with one attached hydrogen (secondary N) is 3. The normalized spacial score (nSPS) is 11.6. The van der Waals surface area contributed by atoms with Crippen molar-refractivity contribution >= 4 is 58.5 Å². The lowest BCUT2D eigenvalue weighted by molar-refractivity contribution is -0.116. The number of carbonyl (C=O) groups excluding carboxylic acids is 3. The number of thioether (sulfide) groups is 1. The lowest BCUT2D eigenvalue weighted by Gasteiger charge is -2.18. The van der Waals surface area contributed by atoms with E-state index in [4.69, 9.17) is 30.5 Å². The molecule has 0 aliphatic rings. The Hall–Kier alpha value is -5.13. The van der Waals surface area contributed by atoms with E-state index in [1.54, 1.807) is 78.9 Å². The van der Waals surface area contributed by atoms with Crippen LogP contribution >= 0.6 is 23.4 Å². The number of ether oxygens (including phenoxy) is 4. The van der Waals surface area contributed by atoms with E-state index in [0.717, 1.165) is 4.90 Å². The van der Waals surface area contributed by atoms with E-state index >= 15 is 0 Å². The lowest BCUT2D eigenvalue weighted by atomic mass is 10.1. The van der Waals surface area contributed by atoms with Gasteiger partial charge in [0.15, 0.2) is 0 Å². The Kier molecular flexibility index (Phi) is 12.8. The largest absolute Gasteiger partial charge is 0.497 e. The van der Waals surface area contributed by atoms with Crippen molar-refractivity contribution in [2.45, 2.75) is 23.5 Å². The summed E-state index contributed by atoms with van der Waals surface area (Å²) in [4.78, 5) is 40.9. The summed E-state index contributed by atoms with van der Waals surface area (Å²) in [6, 6.07) is 24.0. The zero-order valence-corrected chi connectivity index (χ0v) is 28.7. The molecule has 0 saturated heterocycles. The van der Waals surface area contributed by atoms with Gasteiger partial charge in [-0.1, -0.05) is 42.8 Å². The van der Waals surface area contributed by atoms with Gasteiger partial charge in [-0.2, -0.15) is 0 Å². The third-order valence-corrected chi connectivity index (χ3v) is 8.68. The average Bonchev–Trinajstić information content (AvgIpc) is 3.10. The van der Waals surface area contributed by atoms with Gasteiger partial charge in [0.1, 0.15) is 28.7 Å². The molecule has 0 saturated carbocycles. The Bertz CT molecular complexity index is 1800. The highest BCUT2D eigenvalue weighted by atomic mass is 35.5. The third kappa shape index (κ3) is 9.24. The Morgan fingerprint density at radius 1 is 0.792 bits per heavy atom. The van der Waals surface area contributed by atoms with E-state index in [-0.39, 0.29) is 11.6 Å². The number of hydrogen-bond donors (Lipinski definition) is 3. The molecule has 3 N–H and O–H groups in total. The van der Waals surface area contributed by atoms with E-state index in [9.17, 15) is 14.4 Å². The highest BCUT2D eigenvalue weighted by molar-refractivity contribution is 8.00. The van der Waals surface area contributed by atoms with Crippen LogP contribution in [0.5, 0.6) is 23.0 Å². The second-order valence-electron chi connectivity index (χ2n) is 10.2. The van der Waals surface area contributed by atoms with Crippen molar-refractivity contribution in [1.82, 2.24) is 5.32 Å². The zero-order chi connectivity index (χ0) is 34.6. The smallest absolute Gasteiger partial charge is 0.272 e. The summed E-state index contributed by atoms with van der Waals surface area (Å²) in [5.41, 5.74) is 1.75. The van der Waals surface area contributed by atoms with Gasteiger partial charge in [0.25, 0.3) is 11.8 Å². The van der Waals surface area contributed by atoms with Crippen LogP contribution in [0.1, 0.15) is 29.3 Å². The number of hydrogen-bond acceptors (Lipinski definition) is 8. The zero-order valence-electron chi connectivity index (χ0n) is 27.1. The molecular formula is C36H36ClN3O7S. The summed E-state index contributed by atoms with van der Waals surface area (Å²) in [5, 5.41) is 8.34. The van der Waals surface area contributed by atoms with E-state index in [1.165, 1.54) is 46.3 Å². The molecule has 4 aromatic carbocycles. The topological polar surface area (TPSA) is 124 Å². The summed E-state index contributed by atoms with van der Waals surface area (Å²) in [5.74, 6) is 0.568. The van der Waals surface area contributed by atoms with Gasteiger partial charge in [-0.3, -0.25) is 14.4 Å².